The van der Waals surface area contributed by atoms with Crippen LogP contribution >= 0.6 is 0 Å². The predicted octanol–water partition coefficient (Wildman–Crippen LogP) is 7.03. The minimum atomic E-state index is -0.224. The molecule has 1 N–H and O–H groups in total. The topological polar surface area (TPSA) is 82.2 Å². The lowest BCUT2D eigenvalue weighted by molar-refractivity contribution is -0.132. The SMILES string of the molecule is Cc1ccc(-c2ccccc2C(=O)Nc2ccc(C(=O)N(C)c3ccccc3OC=CCCCC(=O)N3CCN(C)CC3)cc2)cc1. The Hall–Kier alpha value is -5.21. The fourth-order valence-electron chi connectivity index (χ4n) is 5.47. The van der Waals surface area contributed by atoms with E-state index in [1.165, 1.54) is 0 Å². The number of nitrogens with one attached hydrogen (secondary N) is 1. The molecule has 4 aromatic rings. The Morgan fingerprint density at radius 1 is 0.851 bits per heavy atom. The highest BCUT2D eigenvalue weighted by molar-refractivity contribution is 6.09. The Morgan fingerprint density at radius 3 is 2.28 bits per heavy atom. The van der Waals surface area contributed by atoms with E-state index in [2.05, 4.69) is 17.3 Å². The molecule has 0 unspecified atom stereocenters. The van der Waals surface area contributed by atoms with Crippen LogP contribution in [0.2, 0.25) is 0 Å². The van der Waals surface area contributed by atoms with E-state index in [0.717, 1.165) is 55.7 Å². The van der Waals surface area contributed by atoms with Crippen LogP contribution in [0.3, 0.4) is 0 Å². The fourth-order valence-corrected chi connectivity index (χ4v) is 5.47. The first-order valence-corrected chi connectivity index (χ1v) is 16.0. The summed E-state index contributed by atoms with van der Waals surface area (Å²) in [6.07, 6.45) is 5.51. The van der Waals surface area contributed by atoms with E-state index in [1.807, 2.05) is 90.7 Å². The molecule has 1 aliphatic heterocycles. The molecule has 0 spiro atoms. The molecule has 1 fully saturated rings. The van der Waals surface area contributed by atoms with Gasteiger partial charge in [-0.3, -0.25) is 14.4 Å². The van der Waals surface area contributed by atoms with E-state index in [1.54, 1.807) is 42.5 Å². The van der Waals surface area contributed by atoms with Crippen LogP contribution in [0.25, 0.3) is 11.1 Å². The highest BCUT2D eigenvalue weighted by Crippen LogP contribution is 2.29. The number of hydrogen-bond acceptors (Lipinski definition) is 5. The summed E-state index contributed by atoms with van der Waals surface area (Å²) in [7, 11) is 3.78. The van der Waals surface area contributed by atoms with Crippen molar-refractivity contribution in [2.75, 3.05) is 50.5 Å². The summed E-state index contributed by atoms with van der Waals surface area (Å²) >= 11 is 0. The molecule has 1 heterocycles. The van der Waals surface area contributed by atoms with Crippen LogP contribution in [0.1, 0.15) is 45.5 Å². The van der Waals surface area contributed by atoms with Crippen LogP contribution in [0.5, 0.6) is 5.75 Å². The first kappa shape index (κ1) is 33.2. The molecule has 47 heavy (non-hydrogen) atoms. The largest absolute Gasteiger partial charge is 0.463 e. The van der Waals surface area contributed by atoms with E-state index in [-0.39, 0.29) is 17.7 Å². The second-order valence-electron chi connectivity index (χ2n) is 11.8. The van der Waals surface area contributed by atoms with Crippen LogP contribution in [0.4, 0.5) is 11.4 Å². The molecule has 5 rings (SSSR count). The Kier molecular flexibility index (Phi) is 11.2. The molecule has 1 aliphatic rings. The van der Waals surface area contributed by atoms with E-state index in [4.69, 9.17) is 4.74 Å². The van der Waals surface area contributed by atoms with Gasteiger partial charge in [-0.15, -0.1) is 0 Å². The van der Waals surface area contributed by atoms with Gasteiger partial charge in [-0.2, -0.15) is 0 Å². The molecule has 8 heteroatoms. The summed E-state index contributed by atoms with van der Waals surface area (Å²) in [5, 5.41) is 2.96. The molecule has 0 bridgehead atoms. The molecular weight excluding hydrogens is 588 g/mol. The van der Waals surface area contributed by atoms with Gasteiger partial charge in [0.1, 0.15) is 5.75 Å². The zero-order valence-corrected chi connectivity index (χ0v) is 27.3. The van der Waals surface area contributed by atoms with Gasteiger partial charge in [0.25, 0.3) is 11.8 Å². The lowest BCUT2D eigenvalue weighted by Crippen LogP contribution is -2.47. The standard InChI is InChI=1S/C39H42N4O4/c1-29-16-18-30(19-17-29)33-11-6-7-12-34(33)38(45)40-32-22-20-31(21-23-32)39(46)42(3)35-13-8-9-14-36(35)47-28-10-4-5-15-37(44)43-26-24-41(2)25-27-43/h6-14,16-23,28H,4-5,15,24-27H2,1-3H3,(H,40,45). The monoisotopic (exact) mass is 630 g/mol. The number of rotatable bonds is 11. The van der Waals surface area contributed by atoms with Gasteiger partial charge in [0, 0.05) is 56.5 Å². The maximum atomic E-state index is 13.4. The number of carbonyl (C=O) groups excluding carboxylic acids is 3. The minimum Gasteiger partial charge on any atom is -0.463 e. The fraction of sp³-hybridized carbons (Fsp3) is 0.256. The maximum Gasteiger partial charge on any atom is 0.258 e. The molecule has 4 aromatic carbocycles. The predicted molar refractivity (Wildman–Crippen MR) is 188 cm³/mol. The summed E-state index contributed by atoms with van der Waals surface area (Å²) in [5.74, 6) is 0.314. The normalized spacial score (nSPS) is 13.4. The molecule has 0 radical (unpaired) electrons. The van der Waals surface area contributed by atoms with Gasteiger partial charge in [0.2, 0.25) is 5.91 Å². The third kappa shape index (κ3) is 8.74. The summed E-state index contributed by atoms with van der Waals surface area (Å²) in [5.41, 5.74) is 5.23. The van der Waals surface area contributed by atoms with Crippen molar-refractivity contribution < 1.29 is 19.1 Å². The summed E-state index contributed by atoms with van der Waals surface area (Å²) in [6, 6.07) is 29.8. The Balaban J connectivity index is 1.15. The number of likely N-dealkylation sites (N-methyl/N-ethyl adjacent to an activating group) is 1. The number of carbonyl (C=O) groups is 3. The molecular formula is C39H42N4O4. The molecule has 0 saturated carbocycles. The number of benzene rings is 4. The number of piperazine rings is 1. The highest BCUT2D eigenvalue weighted by atomic mass is 16.5. The van der Waals surface area contributed by atoms with Crippen molar-refractivity contribution >= 4 is 29.1 Å². The number of amides is 3. The van der Waals surface area contributed by atoms with Crippen molar-refractivity contribution in [3.63, 3.8) is 0 Å². The molecule has 1 saturated heterocycles. The van der Waals surface area contributed by atoms with E-state index < -0.39 is 0 Å². The molecule has 242 valence electrons. The van der Waals surface area contributed by atoms with Crippen molar-refractivity contribution in [2.24, 2.45) is 0 Å². The van der Waals surface area contributed by atoms with Gasteiger partial charge in [-0.05, 0) is 86.5 Å². The number of ether oxygens (including phenoxy) is 1. The van der Waals surface area contributed by atoms with E-state index in [9.17, 15) is 14.4 Å². The zero-order valence-electron chi connectivity index (χ0n) is 27.3. The van der Waals surface area contributed by atoms with Crippen molar-refractivity contribution in [3.05, 3.63) is 126 Å². The Labute approximate surface area is 277 Å². The molecule has 0 atom stereocenters. The molecule has 3 amide bonds. The summed E-state index contributed by atoms with van der Waals surface area (Å²) in [4.78, 5) is 44.9. The third-order valence-corrected chi connectivity index (χ3v) is 8.36. The number of nitrogens with zero attached hydrogens (tertiary/aromatic N) is 3. The average molecular weight is 631 g/mol. The van der Waals surface area contributed by atoms with Gasteiger partial charge < -0.3 is 24.8 Å². The molecule has 8 nitrogen and oxygen atoms in total. The molecule has 0 aromatic heterocycles. The zero-order chi connectivity index (χ0) is 33.2. The van der Waals surface area contributed by atoms with Gasteiger partial charge in [-0.1, -0.05) is 60.2 Å². The summed E-state index contributed by atoms with van der Waals surface area (Å²) < 4.78 is 5.91. The maximum absolute atomic E-state index is 13.4. The second-order valence-corrected chi connectivity index (χ2v) is 11.8. The summed E-state index contributed by atoms with van der Waals surface area (Å²) in [6.45, 7) is 5.46. The van der Waals surface area contributed by atoms with Crippen LogP contribution in [0, 0.1) is 6.92 Å². The van der Waals surface area contributed by atoms with E-state index >= 15 is 0 Å². The number of aryl methyl sites for hydroxylation is 1. The van der Waals surface area contributed by atoms with Crippen LogP contribution in [0.15, 0.2) is 109 Å². The first-order chi connectivity index (χ1) is 22.8. The first-order valence-electron chi connectivity index (χ1n) is 16.0. The molecule has 0 aliphatic carbocycles. The van der Waals surface area contributed by atoms with Crippen molar-refractivity contribution in [1.29, 1.82) is 0 Å². The quantitative estimate of drug-likeness (QED) is 0.142. The van der Waals surface area contributed by atoms with Gasteiger partial charge in [-0.25, -0.2) is 0 Å². The lowest BCUT2D eigenvalue weighted by Gasteiger charge is -2.32. The number of para-hydroxylation sites is 2. The van der Waals surface area contributed by atoms with Crippen molar-refractivity contribution in [2.45, 2.75) is 26.2 Å². The number of unbranched alkanes of at least 4 members (excludes halogenated alkanes) is 1. The highest BCUT2D eigenvalue weighted by Gasteiger charge is 2.19. The van der Waals surface area contributed by atoms with Crippen molar-refractivity contribution in [3.8, 4) is 16.9 Å². The van der Waals surface area contributed by atoms with Gasteiger partial charge in [0.05, 0.1) is 11.9 Å². The number of allylic oxidation sites excluding steroid dienone is 1. The number of anilines is 2. The van der Waals surface area contributed by atoms with Gasteiger partial charge >= 0.3 is 0 Å². The van der Waals surface area contributed by atoms with Crippen LogP contribution in [-0.4, -0.2) is 67.8 Å². The smallest absolute Gasteiger partial charge is 0.258 e. The lowest BCUT2D eigenvalue weighted by atomic mass is 9.98. The van der Waals surface area contributed by atoms with E-state index in [0.29, 0.717) is 34.7 Å². The second kappa shape index (κ2) is 15.9. The minimum absolute atomic E-state index is 0.205. The Bertz CT molecular complexity index is 1710. The van der Waals surface area contributed by atoms with Crippen LogP contribution < -0.4 is 15.0 Å². The average Bonchev–Trinajstić information content (AvgIpc) is 3.10. The third-order valence-electron chi connectivity index (χ3n) is 8.36. The van der Waals surface area contributed by atoms with Crippen LogP contribution in [-0.2, 0) is 4.79 Å². The van der Waals surface area contributed by atoms with Gasteiger partial charge in [0.15, 0.2) is 0 Å². The number of hydrogen-bond donors (Lipinski definition) is 1. The van der Waals surface area contributed by atoms with Crippen molar-refractivity contribution in [1.82, 2.24) is 9.80 Å². The Morgan fingerprint density at radius 2 is 1.53 bits per heavy atom.